The van der Waals surface area contributed by atoms with Crippen LogP contribution >= 0.6 is 11.3 Å². The van der Waals surface area contributed by atoms with E-state index >= 15 is 0 Å². The molecular formula is C10H16N2S. The van der Waals surface area contributed by atoms with Crippen LogP contribution in [0.4, 0.5) is 5.13 Å². The topological polar surface area (TPSA) is 16.1 Å². The van der Waals surface area contributed by atoms with Crippen molar-refractivity contribution in [3.8, 4) is 0 Å². The van der Waals surface area contributed by atoms with E-state index in [1.807, 2.05) is 17.5 Å². The summed E-state index contributed by atoms with van der Waals surface area (Å²) < 4.78 is 0. The van der Waals surface area contributed by atoms with E-state index in [9.17, 15) is 0 Å². The fourth-order valence-corrected chi connectivity index (χ4v) is 2.57. The van der Waals surface area contributed by atoms with Crippen LogP contribution in [0.5, 0.6) is 0 Å². The largest absolute Gasteiger partial charge is 0.348 e. The fraction of sp³-hybridized carbons (Fsp3) is 0.700. The summed E-state index contributed by atoms with van der Waals surface area (Å²) >= 11 is 1.85. The lowest BCUT2D eigenvalue weighted by Gasteiger charge is -2.12. The monoisotopic (exact) mass is 196 g/mol. The van der Waals surface area contributed by atoms with Crippen LogP contribution in [0.2, 0.25) is 0 Å². The number of anilines is 1. The second-order valence-electron chi connectivity index (χ2n) is 3.89. The van der Waals surface area contributed by atoms with Crippen LogP contribution in [-0.4, -0.2) is 18.1 Å². The Morgan fingerprint density at radius 3 is 2.62 bits per heavy atom. The summed E-state index contributed by atoms with van der Waals surface area (Å²) in [5.41, 5.74) is 0. The summed E-state index contributed by atoms with van der Waals surface area (Å²) in [4.78, 5) is 8.27. The average Bonchev–Trinajstić information content (AvgIpc) is 2.75. The van der Waals surface area contributed by atoms with E-state index in [1.165, 1.54) is 35.9 Å². The highest BCUT2D eigenvalue weighted by Gasteiger charge is 2.16. The molecule has 13 heavy (non-hydrogen) atoms. The molecule has 1 aliphatic rings. The minimum atomic E-state index is 0.619. The van der Waals surface area contributed by atoms with Crippen LogP contribution in [-0.2, 0) is 0 Å². The molecule has 0 atom stereocenters. The number of nitrogens with zero attached hydrogens (tertiary/aromatic N) is 2. The van der Waals surface area contributed by atoms with Gasteiger partial charge in [-0.05, 0) is 18.8 Å². The first-order valence-electron chi connectivity index (χ1n) is 4.98. The van der Waals surface area contributed by atoms with Crippen molar-refractivity contribution < 1.29 is 0 Å². The number of hydrogen-bond acceptors (Lipinski definition) is 3. The summed E-state index contributed by atoms with van der Waals surface area (Å²) in [6.07, 6.45) is 4.69. The zero-order chi connectivity index (χ0) is 9.26. The van der Waals surface area contributed by atoms with Crippen molar-refractivity contribution in [3.05, 3.63) is 11.1 Å². The minimum Gasteiger partial charge on any atom is -0.348 e. The van der Waals surface area contributed by atoms with Gasteiger partial charge in [-0.25, -0.2) is 4.98 Å². The molecule has 3 heteroatoms. The Balaban J connectivity index is 2.12. The summed E-state index contributed by atoms with van der Waals surface area (Å²) in [7, 11) is 0. The van der Waals surface area contributed by atoms with Crippen molar-refractivity contribution in [3.63, 3.8) is 0 Å². The van der Waals surface area contributed by atoms with Gasteiger partial charge in [-0.2, -0.15) is 0 Å². The van der Waals surface area contributed by atoms with Gasteiger partial charge in [0.1, 0.15) is 0 Å². The van der Waals surface area contributed by atoms with E-state index in [0.29, 0.717) is 5.92 Å². The third-order valence-corrected chi connectivity index (χ3v) is 3.82. The van der Waals surface area contributed by atoms with E-state index in [0.717, 1.165) is 0 Å². The Bertz CT molecular complexity index is 274. The Morgan fingerprint density at radius 1 is 1.38 bits per heavy atom. The summed E-state index contributed by atoms with van der Waals surface area (Å²) in [5, 5.41) is 1.22. The molecule has 2 rings (SSSR count). The van der Waals surface area contributed by atoms with Gasteiger partial charge >= 0.3 is 0 Å². The third kappa shape index (κ3) is 1.85. The highest BCUT2D eigenvalue weighted by molar-refractivity contribution is 7.15. The van der Waals surface area contributed by atoms with Crippen molar-refractivity contribution in [1.29, 1.82) is 0 Å². The van der Waals surface area contributed by atoms with E-state index in [-0.39, 0.29) is 0 Å². The van der Waals surface area contributed by atoms with E-state index in [1.54, 1.807) is 0 Å². The van der Waals surface area contributed by atoms with E-state index in [2.05, 4.69) is 23.7 Å². The van der Waals surface area contributed by atoms with Crippen LogP contribution in [0.3, 0.4) is 0 Å². The molecule has 0 amide bonds. The maximum absolute atomic E-state index is 4.46. The molecule has 2 heterocycles. The van der Waals surface area contributed by atoms with Crippen LogP contribution in [0, 0.1) is 0 Å². The van der Waals surface area contributed by atoms with Gasteiger partial charge in [-0.15, -0.1) is 11.3 Å². The SMILES string of the molecule is CC(C)c1cnc(N2CCCC2)s1. The third-order valence-electron chi connectivity index (χ3n) is 2.46. The second-order valence-corrected chi connectivity index (χ2v) is 4.93. The maximum Gasteiger partial charge on any atom is 0.185 e. The van der Waals surface area contributed by atoms with Crippen molar-refractivity contribution in [1.82, 2.24) is 4.98 Å². The molecule has 0 aliphatic carbocycles. The first kappa shape index (κ1) is 9.00. The van der Waals surface area contributed by atoms with Gasteiger partial charge in [-0.1, -0.05) is 13.8 Å². The van der Waals surface area contributed by atoms with Crippen molar-refractivity contribution in [2.75, 3.05) is 18.0 Å². The fourth-order valence-electron chi connectivity index (χ4n) is 1.60. The van der Waals surface area contributed by atoms with E-state index in [4.69, 9.17) is 0 Å². The Morgan fingerprint density at radius 2 is 2.08 bits per heavy atom. The molecule has 1 aromatic heterocycles. The molecule has 0 aromatic carbocycles. The molecule has 72 valence electrons. The van der Waals surface area contributed by atoms with Crippen molar-refractivity contribution in [2.24, 2.45) is 0 Å². The highest BCUT2D eigenvalue weighted by Crippen LogP contribution is 2.29. The van der Waals surface area contributed by atoms with Crippen LogP contribution in [0.25, 0.3) is 0 Å². The van der Waals surface area contributed by atoms with Crippen molar-refractivity contribution >= 4 is 16.5 Å². The van der Waals surface area contributed by atoms with E-state index < -0.39 is 0 Å². The zero-order valence-corrected chi connectivity index (χ0v) is 9.10. The van der Waals surface area contributed by atoms with Gasteiger partial charge in [0, 0.05) is 24.2 Å². The normalized spacial score (nSPS) is 17.3. The van der Waals surface area contributed by atoms with Gasteiger partial charge in [0.15, 0.2) is 5.13 Å². The molecule has 0 saturated carbocycles. The van der Waals surface area contributed by atoms with Crippen LogP contribution < -0.4 is 4.90 Å². The van der Waals surface area contributed by atoms with Crippen LogP contribution in [0.15, 0.2) is 6.20 Å². The van der Waals surface area contributed by atoms with Gasteiger partial charge in [0.2, 0.25) is 0 Å². The Labute approximate surface area is 83.6 Å². The predicted molar refractivity (Wildman–Crippen MR) is 57.7 cm³/mol. The molecule has 0 radical (unpaired) electrons. The maximum atomic E-state index is 4.46. The molecule has 0 spiro atoms. The Hall–Kier alpha value is -0.570. The summed E-state index contributed by atoms with van der Waals surface area (Å²) in [5.74, 6) is 0.619. The van der Waals surface area contributed by atoms with Gasteiger partial charge < -0.3 is 4.90 Å². The first-order valence-corrected chi connectivity index (χ1v) is 5.79. The lowest BCUT2D eigenvalue weighted by Crippen LogP contribution is -2.16. The molecule has 2 nitrogen and oxygen atoms in total. The molecule has 1 aromatic rings. The smallest absolute Gasteiger partial charge is 0.185 e. The summed E-state index contributed by atoms with van der Waals surface area (Å²) in [6, 6.07) is 0. The molecule has 0 N–H and O–H groups in total. The number of hydrogen-bond donors (Lipinski definition) is 0. The van der Waals surface area contributed by atoms with Gasteiger partial charge in [0.25, 0.3) is 0 Å². The van der Waals surface area contributed by atoms with Gasteiger partial charge in [-0.3, -0.25) is 0 Å². The highest BCUT2D eigenvalue weighted by atomic mass is 32.1. The lowest BCUT2D eigenvalue weighted by atomic mass is 10.2. The predicted octanol–water partition coefficient (Wildman–Crippen LogP) is 2.87. The number of aromatic nitrogens is 1. The molecule has 0 bridgehead atoms. The average molecular weight is 196 g/mol. The molecular weight excluding hydrogens is 180 g/mol. The number of rotatable bonds is 2. The zero-order valence-electron chi connectivity index (χ0n) is 8.29. The molecule has 1 saturated heterocycles. The molecule has 1 aliphatic heterocycles. The first-order chi connectivity index (χ1) is 6.27. The van der Waals surface area contributed by atoms with Crippen molar-refractivity contribution in [2.45, 2.75) is 32.6 Å². The minimum absolute atomic E-state index is 0.619. The number of thiazole rings is 1. The molecule has 0 unspecified atom stereocenters. The lowest BCUT2D eigenvalue weighted by molar-refractivity contribution is 0.885. The molecule has 1 fully saturated rings. The summed E-state index contributed by atoms with van der Waals surface area (Å²) in [6.45, 7) is 6.85. The quantitative estimate of drug-likeness (QED) is 0.723. The van der Waals surface area contributed by atoms with Crippen LogP contribution in [0.1, 0.15) is 37.5 Å². The standard InChI is InChI=1S/C10H16N2S/c1-8(2)9-7-11-10(13-9)12-5-3-4-6-12/h7-8H,3-6H2,1-2H3. The Kier molecular flexibility index (Phi) is 2.54. The second kappa shape index (κ2) is 3.66. The van der Waals surface area contributed by atoms with Gasteiger partial charge in [0.05, 0.1) is 0 Å².